The quantitative estimate of drug-likeness (QED) is 0.810. The van der Waals surface area contributed by atoms with Crippen molar-refractivity contribution < 1.29 is 18.8 Å². The summed E-state index contributed by atoms with van der Waals surface area (Å²) in [6.45, 7) is 1.57. The van der Waals surface area contributed by atoms with E-state index < -0.39 is 12.0 Å². The van der Waals surface area contributed by atoms with E-state index in [0.717, 1.165) is 0 Å². The van der Waals surface area contributed by atoms with E-state index in [1.807, 2.05) is 0 Å². The maximum atomic E-state index is 11.7. The van der Waals surface area contributed by atoms with Gasteiger partial charge in [-0.1, -0.05) is 5.16 Å². The van der Waals surface area contributed by atoms with Crippen molar-refractivity contribution in [3.8, 4) is 0 Å². The molecule has 0 radical (unpaired) electrons. The van der Waals surface area contributed by atoms with E-state index in [1.54, 1.807) is 6.92 Å². The molecule has 0 aliphatic rings. The van der Waals surface area contributed by atoms with Crippen LogP contribution in [0.2, 0.25) is 0 Å². The second kappa shape index (κ2) is 5.83. The third kappa shape index (κ3) is 3.55. The van der Waals surface area contributed by atoms with Crippen molar-refractivity contribution in [1.82, 2.24) is 10.1 Å². The first-order chi connectivity index (χ1) is 9.54. The van der Waals surface area contributed by atoms with Crippen LogP contribution in [-0.4, -0.2) is 22.1 Å². The van der Waals surface area contributed by atoms with Crippen LogP contribution < -0.4 is 11.1 Å². The lowest BCUT2D eigenvalue weighted by atomic mass is 10.2. The number of hydrogen-bond acceptors (Lipinski definition) is 6. The Morgan fingerprint density at radius 1 is 1.35 bits per heavy atom. The predicted octanol–water partition coefficient (Wildman–Crippen LogP) is 1.23. The van der Waals surface area contributed by atoms with Gasteiger partial charge in [-0.05, 0) is 31.2 Å². The Morgan fingerprint density at radius 2 is 2.05 bits per heavy atom. The molecule has 0 saturated heterocycles. The number of nitrogens with one attached hydrogen (secondary N) is 1. The summed E-state index contributed by atoms with van der Waals surface area (Å²) in [4.78, 5) is 26.3. The second-order valence-electron chi connectivity index (χ2n) is 3.88. The number of amides is 2. The molecule has 0 aliphatic carbocycles. The SMILES string of the molecule is Cc1noc(COC(=O)c2ccc(NC(N)=O)cc2)n1. The highest BCUT2D eigenvalue weighted by Crippen LogP contribution is 2.11. The van der Waals surface area contributed by atoms with Crippen LogP contribution in [0.5, 0.6) is 0 Å². The Hall–Kier alpha value is -2.90. The Kier molecular flexibility index (Phi) is 3.94. The number of aromatic nitrogens is 2. The number of urea groups is 1. The molecule has 2 amide bonds. The Labute approximate surface area is 113 Å². The van der Waals surface area contributed by atoms with Crippen molar-refractivity contribution in [3.05, 3.63) is 41.5 Å². The van der Waals surface area contributed by atoms with E-state index in [-0.39, 0.29) is 12.5 Å². The molecule has 0 bridgehead atoms. The van der Waals surface area contributed by atoms with E-state index in [0.29, 0.717) is 17.1 Å². The summed E-state index contributed by atoms with van der Waals surface area (Å²) in [6, 6.07) is 5.42. The Morgan fingerprint density at radius 3 is 2.60 bits per heavy atom. The average molecular weight is 276 g/mol. The summed E-state index contributed by atoms with van der Waals surface area (Å²) in [5.74, 6) is 0.160. The van der Waals surface area contributed by atoms with E-state index in [1.165, 1.54) is 24.3 Å². The molecule has 104 valence electrons. The number of aryl methyl sites for hydroxylation is 1. The number of carbonyl (C=O) groups excluding carboxylic acids is 2. The number of ether oxygens (including phenoxy) is 1. The van der Waals surface area contributed by atoms with Gasteiger partial charge in [0.15, 0.2) is 12.4 Å². The Balaban J connectivity index is 1.93. The minimum absolute atomic E-state index is 0.0963. The van der Waals surface area contributed by atoms with Gasteiger partial charge in [-0.2, -0.15) is 4.98 Å². The highest BCUT2D eigenvalue weighted by molar-refractivity contribution is 5.91. The van der Waals surface area contributed by atoms with Gasteiger partial charge in [-0.25, -0.2) is 9.59 Å². The molecular formula is C12H12N4O4. The smallest absolute Gasteiger partial charge is 0.338 e. The van der Waals surface area contributed by atoms with Crippen LogP contribution in [0.4, 0.5) is 10.5 Å². The lowest BCUT2D eigenvalue weighted by Crippen LogP contribution is -2.19. The fraction of sp³-hybridized carbons (Fsp3) is 0.167. The maximum Gasteiger partial charge on any atom is 0.338 e. The number of anilines is 1. The van der Waals surface area contributed by atoms with Gasteiger partial charge in [0, 0.05) is 5.69 Å². The van der Waals surface area contributed by atoms with Crippen molar-refractivity contribution in [2.45, 2.75) is 13.5 Å². The number of rotatable bonds is 4. The molecule has 0 unspecified atom stereocenters. The molecule has 8 heteroatoms. The summed E-state index contributed by atoms with van der Waals surface area (Å²) in [5, 5.41) is 5.96. The third-order valence-electron chi connectivity index (χ3n) is 2.28. The lowest BCUT2D eigenvalue weighted by molar-refractivity contribution is 0.0430. The number of nitrogens with zero attached hydrogens (tertiary/aromatic N) is 2. The molecule has 0 fully saturated rings. The van der Waals surface area contributed by atoms with E-state index in [4.69, 9.17) is 15.0 Å². The molecule has 0 saturated carbocycles. The van der Waals surface area contributed by atoms with E-state index in [9.17, 15) is 9.59 Å². The van der Waals surface area contributed by atoms with Crippen molar-refractivity contribution in [2.24, 2.45) is 5.73 Å². The number of benzene rings is 1. The molecule has 0 atom stereocenters. The number of hydrogen-bond donors (Lipinski definition) is 2. The second-order valence-corrected chi connectivity index (χ2v) is 3.88. The standard InChI is InChI=1S/C12H12N4O4/c1-7-14-10(20-16-7)6-19-11(17)8-2-4-9(5-3-8)15-12(13)18/h2-5H,6H2,1H3,(H3,13,15,18). The average Bonchev–Trinajstić information content (AvgIpc) is 2.82. The first-order valence-electron chi connectivity index (χ1n) is 5.67. The van der Waals surface area contributed by atoms with Gasteiger partial charge in [0.25, 0.3) is 5.89 Å². The van der Waals surface area contributed by atoms with Crippen LogP contribution in [0.3, 0.4) is 0 Å². The third-order valence-corrected chi connectivity index (χ3v) is 2.28. The van der Waals surface area contributed by atoms with Crippen LogP contribution >= 0.6 is 0 Å². The van der Waals surface area contributed by atoms with Crippen LogP contribution in [0.25, 0.3) is 0 Å². The van der Waals surface area contributed by atoms with Gasteiger partial charge >= 0.3 is 12.0 Å². The fourth-order valence-electron chi connectivity index (χ4n) is 1.44. The van der Waals surface area contributed by atoms with Crippen molar-refractivity contribution in [1.29, 1.82) is 0 Å². The van der Waals surface area contributed by atoms with E-state index in [2.05, 4.69) is 15.5 Å². The number of carbonyl (C=O) groups is 2. The molecule has 20 heavy (non-hydrogen) atoms. The largest absolute Gasteiger partial charge is 0.452 e. The highest BCUT2D eigenvalue weighted by atomic mass is 16.6. The minimum atomic E-state index is -0.674. The summed E-state index contributed by atoms with van der Waals surface area (Å²) >= 11 is 0. The molecule has 0 aliphatic heterocycles. The molecular weight excluding hydrogens is 264 g/mol. The number of primary amides is 1. The van der Waals surface area contributed by atoms with Gasteiger partial charge in [-0.3, -0.25) is 0 Å². The molecule has 2 aromatic rings. The van der Waals surface area contributed by atoms with Gasteiger partial charge < -0.3 is 20.3 Å². The molecule has 1 aromatic carbocycles. The zero-order chi connectivity index (χ0) is 14.5. The van der Waals surface area contributed by atoms with E-state index >= 15 is 0 Å². The minimum Gasteiger partial charge on any atom is -0.452 e. The molecule has 3 N–H and O–H groups in total. The van der Waals surface area contributed by atoms with Crippen molar-refractivity contribution >= 4 is 17.7 Å². The van der Waals surface area contributed by atoms with Gasteiger partial charge in [0.1, 0.15) is 0 Å². The summed E-state index contributed by atoms with van der Waals surface area (Å²) in [5.41, 5.74) is 5.79. The first kappa shape index (κ1) is 13.5. The van der Waals surface area contributed by atoms with Gasteiger partial charge in [-0.15, -0.1) is 0 Å². The normalized spacial score (nSPS) is 10.1. The molecule has 2 rings (SSSR count). The van der Waals surface area contributed by atoms with Crippen molar-refractivity contribution in [3.63, 3.8) is 0 Å². The van der Waals surface area contributed by atoms with Crippen LogP contribution in [-0.2, 0) is 11.3 Å². The number of nitrogens with two attached hydrogens (primary N) is 1. The Bertz CT molecular complexity index is 621. The summed E-state index contributed by atoms with van der Waals surface area (Å²) in [6.07, 6.45) is 0. The van der Waals surface area contributed by atoms with Gasteiger partial charge in [0.05, 0.1) is 5.56 Å². The first-order valence-corrected chi connectivity index (χ1v) is 5.67. The lowest BCUT2D eigenvalue weighted by Gasteiger charge is -2.04. The topological polar surface area (TPSA) is 120 Å². The number of esters is 1. The highest BCUT2D eigenvalue weighted by Gasteiger charge is 2.10. The molecule has 1 aromatic heterocycles. The summed E-state index contributed by atoms with van der Waals surface area (Å²) < 4.78 is 9.81. The fourth-order valence-corrected chi connectivity index (χ4v) is 1.44. The van der Waals surface area contributed by atoms with Crippen LogP contribution in [0.15, 0.2) is 28.8 Å². The van der Waals surface area contributed by atoms with Gasteiger partial charge in [0.2, 0.25) is 0 Å². The maximum absolute atomic E-state index is 11.7. The van der Waals surface area contributed by atoms with Crippen molar-refractivity contribution in [2.75, 3.05) is 5.32 Å². The van der Waals surface area contributed by atoms with Crippen LogP contribution in [0.1, 0.15) is 22.1 Å². The van der Waals surface area contributed by atoms with Crippen LogP contribution in [0, 0.1) is 6.92 Å². The zero-order valence-electron chi connectivity index (χ0n) is 10.6. The predicted molar refractivity (Wildman–Crippen MR) is 67.8 cm³/mol. The zero-order valence-corrected chi connectivity index (χ0v) is 10.6. The molecule has 8 nitrogen and oxygen atoms in total. The molecule has 1 heterocycles. The monoisotopic (exact) mass is 276 g/mol. The molecule has 0 spiro atoms. The summed E-state index contributed by atoms with van der Waals surface area (Å²) in [7, 11) is 0.